The number of aryl methyl sites for hydroxylation is 1. The lowest BCUT2D eigenvalue weighted by molar-refractivity contribution is -0.111. The van der Waals surface area contributed by atoms with Crippen LogP contribution in [0.4, 0.5) is 14.5 Å². The molecule has 0 aliphatic carbocycles. The number of carbonyl (C=O) groups excluding carboxylic acids is 1. The minimum atomic E-state index is -0.824. The van der Waals surface area contributed by atoms with Gasteiger partial charge in [-0.05, 0) is 42.3 Å². The molecule has 0 radical (unpaired) electrons. The zero-order valence-electron chi connectivity index (χ0n) is 11.2. The highest BCUT2D eigenvalue weighted by Crippen LogP contribution is 2.18. The lowest BCUT2D eigenvalue weighted by Gasteiger charge is -2.03. The highest BCUT2D eigenvalue weighted by molar-refractivity contribution is 6.31. The quantitative estimate of drug-likeness (QED) is 0.826. The van der Waals surface area contributed by atoms with Crippen molar-refractivity contribution in [2.75, 3.05) is 5.32 Å². The predicted octanol–water partition coefficient (Wildman–Crippen LogP) is 4.58. The van der Waals surface area contributed by atoms with Gasteiger partial charge in [-0.15, -0.1) is 0 Å². The van der Waals surface area contributed by atoms with E-state index in [-0.39, 0.29) is 5.69 Å². The summed E-state index contributed by atoms with van der Waals surface area (Å²) >= 11 is 5.97. The monoisotopic (exact) mass is 307 g/mol. The highest BCUT2D eigenvalue weighted by Gasteiger charge is 2.05. The van der Waals surface area contributed by atoms with Crippen molar-refractivity contribution < 1.29 is 13.6 Å². The zero-order valence-corrected chi connectivity index (χ0v) is 11.9. The zero-order chi connectivity index (χ0) is 15.4. The maximum atomic E-state index is 13.4. The highest BCUT2D eigenvalue weighted by atomic mass is 35.5. The Labute approximate surface area is 126 Å². The fourth-order valence-electron chi connectivity index (χ4n) is 1.65. The van der Waals surface area contributed by atoms with Crippen LogP contribution < -0.4 is 5.32 Å². The van der Waals surface area contributed by atoms with Gasteiger partial charge in [-0.1, -0.05) is 23.7 Å². The van der Waals surface area contributed by atoms with Gasteiger partial charge in [-0.3, -0.25) is 4.79 Å². The molecule has 2 rings (SSSR count). The van der Waals surface area contributed by atoms with Crippen LogP contribution in [0.15, 0.2) is 42.5 Å². The summed E-state index contributed by atoms with van der Waals surface area (Å²) in [6.07, 6.45) is 2.81. The summed E-state index contributed by atoms with van der Waals surface area (Å²) < 4.78 is 26.1. The van der Waals surface area contributed by atoms with E-state index in [9.17, 15) is 13.6 Å². The van der Waals surface area contributed by atoms with E-state index in [1.165, 1.54) is 12.1 Å². The molecule has 0 fully saturated rings. The maximum absolute atomic E-state index is 13.4. The Bertz CT molecular complexity index is 713. The van der Waals surface area contributed by atoms with Gasteiger partial charge < -0.3 is 5.32 Å². The number of amides is 1. The fourth-order valence-corrected chi connectivity index (χ4v) is 1.84. The molecule has 5 heteroatoms. The van der Waals surface area contributed by atoms with Crippen LogP contribution in [0.25, 0.3) is 6.08 Å². The van der Waals surface area contributed by atoms with E-state index in [1.807, 2.05) is 19.1 Å². The van der Waals surface area contributed by atoms with E-state index in [2.05, 4.69) is 5.32 Å². The van der Waals surface area contributed by atoms with Crippen LogP contribution in [0.3, 0.4) is 0 Å². The molecule has 2 nitrogen and oxygen atoms in total. The van der Waals surface area contributed by atoms with Crippen molar-refractivity contribution in [3.63, 3.8) is 0 Å². The molecule has 0 aliphatic rings. The summed E-state index contributed by atoms with van der Waals surface area (Å²) in [5.41, 5.74) is 1.61. The summed E-state index contributed by atoms with van der Waals surface area (Å²) in [7, 11) is 0. The van der Waals surface area contributed by atoms with Crippen molar-refractivity contribution in [2.45, 2.75) is 6.92 Å². The Balaban J connectivity index is 2.07. The van der Waals surface area contributed by atoms with Crippen LogP contribution in [0.2, 0.25) is 5.02 Å². The molecule has 0 aromatic heterocycles. The molecule has 0 spiro atoms. The standard InChI is InChI=1S/C16H12ClF2NO/c1-10-2-3-11(8-13(10)17)4-7-16(21)20-15-6-5-12(18)9-14(15)19/h2-9H,1H3,(H,20,21)/b7-4+. The minimum Gasteiger partial charge on any atom is -0.320 e. The van der Waals surface area contributed by atoms with Gasteiger partial charge in [0.15, 0.2) is 0 Å². The van der Waals surface area contributed by atoms with Gasteiger partial charge in [-0.25, -0.2) is 8.78 Å². The first-order chi connectivity index (χ1) is 9.95. The van der Waals surface area contributed by atoms with Crippen LogP contribution in [0.1, 0.15) is 11.1 Å². The fraction of sp³-hybridized carbons (Fsp3) is 0.0625. The molecular weight excluding hydrogens is 296 g/mol. The summed E-state index contributed by atoms with van der Waals surface area (Å²) in [6, 6.07) is 8.31. The number of halogens is 3. The molecule has 1 N–H and O–H groups in total. The van der Waals surface area contributed by atoms with E-state index in [0.717, 1.165) is 17.2 Å². The molecule has 21 heavy (non-hydrogen) atoms. The Morgan fingerprint density at radius 3 is 2.62 bits per heavy atom. The molecule has 108 valence electrons. The van der Waals surface area contributed by atoms with E-state index in [0.29, 0.717) is 11.1 Å². The van der Waals surface area contributed by atoms with Crippen molar-refractivity contribution in [3.05, 3.63) is 70.3 Å². The average molecular weight is 308 g/mol. The summed E-state index contributed by atoms with van der Waals surface area (Å²) in [4.78, 5) is 11.7. The molecule has 0 saturated carbocycles. The normalized spacial score (nSPS) is 10.9. The van der Waals surface area contributed by atoms with Crippen LogP contribution in [-0.2, 0) is 4.79 Å². The van der Waals surface area contributed by atoms with Gasteiger partial charge in [0.05, 0.1) is 5.69 Å². The van der Waals surface area contributed by atoms with Crippen molar-refractivity contribution in [2.24, 2.45) is 0 Å². The van der Waals surface area contributed by atoms with Crippen molar-refractivity contribution in [3.8, 4) is 0 Å². The molecule has 0 heterocycles. The molecule has 0 saturated heterocycles. The topological polar surface area (TPSA) is 29.1 Å². The third kappa shape index (κ3) is 4.13. The van der Waals surface area contributed by atoms with E-state index < -0.39 is 17.5 Å². The van der Waals surface area contributed by atoms with Gasteiger partial charge in [0.1, 0.15) is 11.6 Å². The van der Waals surface area contributed by atoms with E-state index in [4.69, 9.17) is 11.6 Å². The molecule has 1 amide bonds. The second kappa shape index (κ2) is 6.50. The second-order valence-corrected chi connectivity index (χ2v) is 4.86. The van der Waals surface area contributed by atoms with Crippen LogP contribution >= 0.6 is 11.6 Å². The molecular formula is C16H12ClF2NO. The number of carbonyl (C=O) groups is 1. The van der Waals surface area contributed by atoms with E-state index >= 15 is 0 Å². The lowest BCUT2D eigenvalue weighted by atomic mass is 10.1. The molecule has 0 aliphatic heterocycles. The maximum Gasteiger partial charge on any atom is 0.248 e. The molecule has 0 bridgehead atoms. The first-order valence-corrected chi connectivity index (χ1v) is 6.54. The number of hydrogen-bond donors (Lipinski definition) is 1. The van der Waals surface area contributed by atoms with Gasteiger partial charge in [0, 0.05) is 17.2 Å². The Kier molecular flexibility index (Phi) is 4.70. The summed E-state index contributed by atoms with van der Waals surface area (Å²) in [5, 5.41) is 2.93. The molecule has 0 atom stereocenters. The smallest absolute Gasteiger partial charge is 0.248 e. The minimum absolute atomic E-state index is 0.0759. The molecule has 0 unspecified atom stereocenters. The van der Waals surface area contributed by atoms with Crippen molar-refractivity contribution in [1.29, 1.82) is 0 Å². The Morgan fingerprint density at radius 1 is 1.19 bits per heavy atom. The third-order valence-corrected chi connectivity index (χ3v) is 3.22. The van der Waals surface area contributed by atoms with E-state index in [1.54, 1.807) is 12.1 Å². The van der Waals surface area contributed by atoms with Crippen molar-refractivity contribution in [1.82, 2.24) is 0 Å². The van der Waals surface area contributed by atoms with Crippen LogP contribution in [0.5, 0.6) is 0 Å². The van der Waals surface area contributed by atoms with Crippen LogP contribution in [0, 0.1) is 18.6 Å². The summed E-state index contributed by atoms with van der Waals surface area (Å²) in [5.74, 6) is -2.04. The second-order valence-electron chi connectivity index (χ2n) is 4.46. The van der Waals surface area contributed by atoms with Gasteiger partial charge >= 0.3 is 0 Å². The first-order valence-electron chi connectivity index (χ1n) is 6.16. The number of nitrogens with one attached hydrogen (secondary N) is 1. The first kappa shape index (κ1) is 15.2. The Hall–Kier alpha value is -2.20. The Morgan fingerprint density at radius 2 is 1.95 bits per heavy atom. The number of hydrogen-bond acceptors (Lipinski definition) is 1. The average Bonchev–Trinajstić information content (AvgIpc) is 2.43. The number of anilines is 1. The lowest BCUT2D eigenvalue weighted by Crippen LogP contribution is -2.09. The predicted molar refractivity (Wildman–Crippen MR) is 80.2 cm³/mol. The van der Waals surface area contributed by atoms with Gasteiger partial charge in [0.25, 0.3) is 0 Å². The SMILES string of the molecule is Cc1ccc(/C=C/C(=O)Nc2ccc(F)cc2F)cc1Cl. The third-order valence-electron chi connectivity index (χ3n) is 2.81. The molecule has 2 aromatic carbocycles. The number of rotatable bonds is 3. The van der Waals surface area contributed by atoms with Gasteiger partial charge in [0.2, 0.25) is 5.91 Å². The molecule has 2 aromatic rings. The van der Waals surface area contributed by atoms with Crippen LogP contribution in [-0.4, -0.2) is 5.91 Å². The number of benzene rings is 2. The van der Waals surface area contributed by atoms with Crippen molar-refractivity contribution >= 4 is 29.3 Å². The summed E-state index contributed by atoms with van der Waals surface area (Å²) in [6.45, 7) is 1.87. The van der Waals surface area contributed by atoms with Gasteiger partial charge in [-0.2, -0.15) is 0 Å². The largest absolute Gasteiger partial charge is 0.320 e.